The number of morpholine rings is 1. The Hall–Kier alpha value is -1.78. The zero-order chi connectivity index (χ0) is 14.7. The molecule has 0 bridgehead atoms. The first-order chi connectivity index (χ1) is 10.2. The van der Waals surface area contributed by atoms with Gasteiger partial charge in [-0.3, -0.25) is 4.90 Å². The monoisotopic (exact) mass is 289 g/mol. The minimum Gasteiger partial charge on any atom is -0.371 e. The summed E-state index contributed by atoms with van der Waals surface area (Å²) in [5, 5.41) is 0. The van der Waals surface area contributed by atoms with E-state index in [1.807, 2.05) is 6.07 Å². The number of nitrogens with zero attached hydrogens (tertiary/aromatic N) is 1. The average Bonchev–Trinajstić information content (AvgIpc) is 2.48. The van der Waals surface area contributed by atoms with E-state index in [9.17, 15) is 8.78 Å². The van der Waals surface area contributed by atoms with Crippen molar-refractivity contribution in [3.05, 3.63) is 71.3 Å². The molecule has 21 heavy (non-hydrogen) atoms. The summed E-state index contributed by atoms with van der Waals surface area (Å²) in [6.45, 7) is 2.85. The zero-order valence-corrected chi connectivity index (χ0v) is 11.6. The van der Waals surface area contributed by atoms with Crippen LogP contribution in [0, 0.1) is 11.6 Å². The summed E-state index contributed by atoms with van der Waals surface area (Å²) in [4.78, 5) is 2.23. The predicted octanol–water partition coefficient (Wildman–Crippen LogP) is 3.54. The molecule has 3 rings (SSSR count). The second-order valence-electron chi connectivity index (χ2n) is 5.28. The molecule has 0 aromatic heterocycles. The fourth-order valence-corrected chi connectivity index (χ4v) is 2.62. The number of ether oxygens (including phenoxy) is 1. The Balaban J connectivity index is 1.67. The summed E-state index contributed by atoms with van der Waals surface area (Å²) in [5.74, 6) is -0.456. The van der Waals surface area contributed by atoms with Gasteiger partial charge in [0, 0.05) is 19.6 Å². The maximum Gasteiger partial charge on any atom is 0.123 e. The average molecular weight is 289 g/mol. The molecule has 1 heterocycles. The number of hydrogen-bond acceptors (Lipinski definition) is 2. The van der Waals surface area contributed by atoms with Gasteiger partial charge in [-0.2, -0.15) is 0 Å². The van der Waals surface area contributed by atoms with Gasteiger partial charge in [-0.05, 0) is 35.4 Å². The fourth-order valence-electron chi connectivity index (χ4n) is 2.62. The molecule has 0 N–H and O–H groups in total. The minimum atomic E-state index is -0.244. The normalized spacial score (nSPS) is 19.6. The topological polar surface area (TPSA) is 12.5 Å². The second kappa shape index (κ2) is 6.33. The van der Waals surface area contributed by atoms with Gasteiger partial charge < -0.3 is 4.74 Å². The van der Waals surface area contributed by atoms with Crippen LogP contribution < -0.4 is 0 Å². The van der Waals surface area contributed by atoms with E-state index in [0.29, 0.717) is 13.2 Å². The maximum atomic E-state index is 13.2. The first-order valence-corrected chi connectivity index (χ1v) is 7.04. The summed E-state index contributed by atoms with van der Waals surface area (Å²) in [6.07, 6.45) is -0.0621. The van der Waals surface area contributed by atoms with Crippen LogP contribution >= 0.6 is 0 Å². The number of benzene rings is 2. The molecule has 1 fully saturated rings. The molecule has 1 atom stereocenters. The Morgan fingerprint density at radius 2 is 1.86 bits per heavy atom. The summed E-state index contributed by atoms with van der Waals surface area (Å²) >= 11 is 0. The number of rotatable bonds is 3. The van der Waals surface area contributed by atoms with Gasteiger partial charge in [0.1, 0.15) is 11.6 Å². The van der Waals surface area contributed by atoms with Crippen LogP contribution in [0.25, 0.3) is 0 Å². The van der Waals surface area contributed by atoms with E-state index in [1.165, 1.54) is 18.2 Å². The molecule has 2 aromatic carbocycles. The van der Waals surface area contributed by atoms with Crippen LogP contribution in [0.2, 0.25) is 0 Å². The smallest absolute Gasteiger partial charge is 0.123 e. The molecule has 0 amide bonds. The molecule has 1 aliphatic heterocycles. The molecule has 0 spiro atoms. The fraction of sp³-hybridized carbons (Fsp3) is 0.294. The van der Waals surface area contributed by atoms with Gasteiger partial charge in [0.25, 0.3) is 0 Å². The van der Waals surface area contributed by atoms with E-state index in [-0.39, 0.29) is 17.7 Å². The molecular weight excluding hydrogens is 272 g/mol. The second-order valence-corrected chi connectivity index (χ2v) is 5.28. The Labute approximate surface area is 123 Å². The standard InChI is InChI=1S/C17H17F2NO/c18-15-6-4-14(5-7-15)17-12-20(8-9-21-17)11-13-2-1-3-16(19)10-13/h1-7,10,17H,8-9,11-12H2. The minimum absolute atomic E-state index is 0.0621. The molecule has 2 aromatic rings. The van der Waals surface area contributed by atoms with Gasteiger partial charge in [0.15, 0.2) is 0 Å². The summed E-state index contributed by atoms with van der Waals surface area (Å²) in [5.41, 5.74) is 1.93. The molecule has 1 aliphatic rings. The third-order valence-electron chi connectivity index (χ3n) is 3.69. The van der Waals surface area contributed by atoms with Crippen molar-refractivity contribution in [2.24, 2.45) is 0 Å². The molecule has 4 heteroatoms. The summed E-state index contributed by atoms with van der Waals surface area (Å²) in [6, 6.07) is 13.1. The molecule has 2 nitrogen and oxygen atoms in total. The third kappa shape index (κ3) is 3.65. The molecule has 110 valence electrons. The van der Waals surface area contributed by atoms with Gasteiger partial charge in [0.2, 0.25) is 0 Å². The van der Waals surface area contributed by atoms with Crippen molar-refractivity contribution in [1.82, 2.24) is 4.90 Å². The molecule has 0 radical (unpaired) electrons. The molecule has 1 unspecified atom stereocenters. The Morgan fingerprint density at radius 1 is 1.05 bits per heavy atom. The van der Waals surface area contributed by atoms with Crippen LogP contribution in [-0.4, -0.2) is 24.6 Å². The van der Waals surface area contributed by atoms with E-state index >= 15 is 0 Å². The van der Waals surface area contributed by atoms with Crippen molar-refractivity contribution in [1.29, 1.82) is 0 Å². The maximum absolute atomic E-state index is 13.2. The highest BCUT2D eigenvalue weighted by molar-refractivity contribution is 5.20. The highest BCUT2D eigenvalue weighted by Gasteiger charge is 2.22. The highest BCUT2D eigenvalue weighted by atomic mass is 19.1. The van der Waals surface area contributed by atoms with Crippen LogP contribution in [0.4, 0.5) is 8.78 Å². The van der Waals surface area contributed by atoms with Crippen LogP contribution in [0.5, 0.6) is 0 Å². The van der Waals surface area contributed by atoms with Gasteiger partial charge in [0.05, 0.1) is 12.7 Å². The van der Waals surface area contributed by atoms with Gasteiger partial charge in [-0.25, -0.2) is 8.78 Å². The SMILES string of the molecule is Fc1ccc(C2CN(Cc3cccc(F)c3)CCO2)cc1. The van der Waals surface area contributed by atoms with Crippen molar-refractivity contribution >= 4 is 0 Å². The molecule has 0 saturated carbocycles. The van der Waals surface area contributed by atoms with Gasteiger partial charge in [-0.1, -0.05) is 24.3 Å². The lowest BCUT2D eigenvalue weighted by molar-refractivity contribution is -0.0329. The van der Waals surface area contributed by atoms with Crippen LogP contribution in [-0.2, 0) is 11.3 Å². The van der Waals surface area contributed by atoms with Crippen molar-refractivity contribution in [3.63, 3.8) is 0 Å². The summed E-state index contributed by atoms with van der Waals surface area (Å²) in [7, 11) is 0. The predicted molar refractivity (Wildman–Crippen MR) is 76.8 cm³/mol. The lowest BCUT2D eigenvalue weighted by atomic mass is 10.1. The van der Waals surface area contributed by atoms with E-state index in [2.05, 4.69) is 4.90 Å². The van der Waals surface area contributed by atoms with Crippen LogP contribution in [0.1, 0.15) is 17.2 Å². The largest absolute Gasteiger partial charge is 0.371 e. The third-order valence-corrected chi connectivity index (χ3v) is 3.69. The first kappa shape index (κ1) is 14.2. The van der Waals surface area contributed by atoms with Crippen molar-refractivity contribution in [2.75, 3.05) is 19.7 Å². The molecule has 0 aliphatic carbocycles. The quantitative estimate of drug-likeness (QED) is 0.857. The van der Waals surface area contributed by atoms with E-state index in [0.717, 1.165) is 24.2 Å². The number of halogens is 2. The van der Waals surface area contributed by atoms with Gasteiger partial charge >= 0.3 is 0 Å². The van der Waals surface area contributed by atoms with E-state index in [4.69, 9.17) is 4.74 Å². The van der Waals surface area contributed by atoms with Crippen molar-refractivity contribution in [3.8, 4) is 0 Å². The van der Waals surface area contributed by atoms with Crippen molar-refractivity contribution in [2.45, 2.75) is 12.6 Å². The summed E-state index contributed by atoms with van der Waals surface area (Å²) < 4.78 is 31.9. The van der Waals surface area contributed by atoms with Crippen LogP contribution in [0.3, 0.4) is 0 Å². The molecule has 1 saturated heterocycles. The van der Waals surface area contributed by atoms with Crippen LogP contribution in [0.15, 0.2) is 48.5 Å². The van der Waals surface area contributed by atoms with Gasteiger partial charge in [-0.15, -0.1) is 0 Å². The molecular formula is C17H17F2NO. The van der Waals surface area contributed by atoms with E-state index in [1.54, 1.807) is 24.3 Å². The Kier molecular flexibility index (Phi) is 4.27. The zero-order valence-electron chi connectivity index (χ0n) is 11.6. The lowest BCUT2D eigenvalue weighted by Gasteiger charge is -2.33. The first-order valence-electron chi connectivity index (χ1n) is 7.04. The Bertz CT molecular complexity index is 600. The number of hydrogen-bond donors (Lipinski definition) is 0. The Morgan fingerprint density at radius 3 is 2.62 bits per heavy atom. The van der Waals surface area contributed by atoms with E-state index < -0.39 is 0 Å². The lowest BCUT2D eigenvalue weighted by Crippen LogP contribution is -2.37. The van der Waals surface area contributed by atoms with Crippen molar-refractivity contribution < 1.29 is 13.5 Å². The highest BCUT2D eigenvalue weighted by Crippen LogP contribution is 2.23.